The molecule has 1 fully saturated rings. The second kappa shape index (κ2) is 6.79. The van der Waals surface area contributed by atoms with E-state index in [-0.39, 0.29) is 16.7 Å². The van der Waals surface area contributed by atoms with Crippen molar-refractivity contribution in [2.45, 2.75) is 13.0 Å². The number of benzene rings is 2. The standard InChI is InChI=1S/C18H21N3O2/c1-15(17-9-5-6-10-18(17)21(22)23)19-11-13-20(14-12-19)16-7-3-2-4-8-16/h2-10,15H,11-14H2,1H3. The molecule has 0 bridgehead atoms. The van der Waals surface area contributed by atoms with Crippen LogP contribution < -0.4 is 4.90 Å². The van der Waals surface area contributed by atoms with Crippen molar-refractivity contribution in [1.82, 2.24) is 4.90 Å². The molecule has 1 aliphatic rings. The number of para-hydroxylation sites is 2. The van der Waals surface area contributed by atoms with Gasteiger partial charge in [-0.1, -0.05) is 36.4 Å². The number of piperazine rings is 1. The molecule has 0 radical (unpaired) electrons. The van der Waals surface area contributed by atoms with Gasteiger partial charge in [0.1, 0.15) is 0 Å². The maximum atomic E-state index is 11.2. The Labute approximate surface area is 136 Å². The molecule has 1 saturated heterocycles. The van der Waals surface area contributed by atoms with Crippen molar-refractivity contribution in [1.29, 1.82) is 0 Å². The molecule has 1 heterocycles. The van der Waals surface area contributed by atoms with Crippen molar-refractivity contribution in [3.05, 3.63) is 70.3 Å². The molecule has 3 rings (SSSR count). The van der Waals surface area contributed by atoms with Crippen LogP contribution in [0.4, 0.5) is 11.4 Å². The summed E-state index contributed by atoms with van der Waals surface area (Å²) in [5, 5.41) is 11.2. The molecule has 0 N–H and O–H groups in total. The lowest BCUT2D eigenvalue weighted by Gasteiger charge is -2.39. The van der Waals surface area contributed by atoms with Gasteiger partial charge in [-0.05, 0) is 19.1 Å². The first-order valence-corrected chi connectivity index (χ1v) is 7.94. The quantitative estimate of drug-likeness (QED) is 0.641. The summed E-state index contributed by atoms with van der Waals surface area (Å²) in [5.41, 5.74) is 2.25. The van der Waals surface area contributed by atoms with Gasteiger partial charge in [-0.15, -0.1) is 0 Å². The highest BCUT2D eigenvalue weighted by atomic mass is 16.6. The average Bonchev–Trinajstić information content (AvgIpc) is 2.62. The first-order chi connectivity index (χ1) is 11.2. The van der Waals surface area contributed by atoms with Crippen LogP contribution in [0.15, 0.2) is 54.6 Å². The predicted molar refractivity (Wildman–Crippen MR) is 91.7 cm³/mol. The molecule has 1 unspecified atom stereocenters. The minimum Gasteiger partial charge on any atom is -0.369 e. The van der Waals surface area contributed by atoms with Gasteiger partial charge in [-0.2, -0.15) is 0 Å². The van der Waals surface area contributed by atoms with E-state index in [1.54, 1.807) is 12.1 Å². The number of hydrogen-bond acceptors (Lipinski definition) is 4. The highest BCUT2D eigenvalue weighted by molar-refractivity contribution is 5.46. The summed E-state index contributed by atoms with van der Waals surface area (Å²) in [6.07, 6.45) is 0. The third-order valence-corrected chi connectivity index (χ3v) is 4.57. The first kappa shape index (κ1) is 15.5. The van der Waals surface area contributed by atoms with E-state index in [1.165, 1.54) is 5.69 Å². The lowest BCUT2D eigenvalue weighted by Crippen LogP contribution is -2.47. The SMILES string of the molecule is CC(c1ccccc1[N+](=O)[O-])N1CCN(c2ccccc2)CC1. The minimum absolute atomic E-state index is 0.0505. The van der Waals surface area contributed by atoms with Gasteiger partial charge < -0.3 is 4.90 Å². The number of anilines is 1. The molecule has 5 nitrogen and oxygen atoms in total. The van der Waals surface area contributed by atoms with Gasteiger partial charge in [0.25, 0.3) is 5.69 Å². The van der Waals surface area contributed by atoms with E-state index in [4.69, 9.17) is 0 Å². The molecule has 0 spiro atoms. The fraction of sp³-hybridized carbons (Fsp3) is 0.333. The van der Waals surface area contributed by atoms with Crippen LogP contribution in [0.5, 0.6) is 0 Å². The van der Waals surface area contributed by atoms with Crippen LogP contribution in [0, 0.1) is 10.1 Å². The zero-order chi connectivity index (χ0) is 16.2. The summed E-state index contributed by atoms with van der Waals surface area (Å²) in [7, 11) is 0. The fourth-order valence-corrected chi connectivity index (χ4v) is 3.21. The Morgan fingerprint density at radius 3 is 2.22 bits per heavy atom. The van der Waals surface area contributed by atoms with Crippen LogP contribution >= 0.6 is 0 Å². The van der Waals surface area contributed by atoms with Crippen molar-refractivity contribution in [3.63, 3.8) is 0 Å². The summed E-state index contributed by atoms with van der Waals surface area (Å²) in [6, 6.07) is 17.5. The molecule has 1 atom stereocenters. The normalized spacial score (nSPS) is 17.0. The Morgan fingerprint density at radius 1 is 0.957 bits per heavy atom. The van der Waals surface area contributed by atoms with Gasteiger partial charge in [0.05, 0.1) is 4.92 Å². The largest absolute Gasteiger partial charge is 0.369 e. The highest BCUT2D eigenvalue weighted by Gasteiger charge is 2.26. The Hall–Kier alpha value is -2.40. The smallest absolute Gasteiger partial charge is 0.274 e. The summed E-state index contributed by atoms with van der Waals surface area (Å²) in [6.45, 7) is 5.74. The Kier molecular flexibility index (Phi) is 4.57. The van der Waals surface area contributed by atoms with Gasteiger partial charge in [-0.25, -0.2) is 0 Å². The predicted octanol–water partition coefficient (Wildman–Crippen LogP) is 3.48. The molecule has 5 heteroatoms. The monoisotopic (exact) mass is 311 g/mol. The van der Waals surface area contributed by atoms with Crippen molar-refractivity contribution in [2.75, 3.05) is 31.1 Å². The van der Waals surface area contributed by atoms with Crippen molar-refractivity contribution >= 4 is 11.4 Å². The fourth-order valence-electron chi connectivity index (χ4n) is 3.21. The van der Waals surface area contributed by atoms with E-state index in [0.29, 0.717) is 0 Å². The zero-order valence-electron chi connectivity index (χ0n) is 13.3. The molecule has 0 saturated carbocycles. The first-order valence-electron chi connectivity index (χ1n) is 7.94. The van der Waals surface area contributed by atoms with Crippen molar-refractivity contribution < 1.29 is 4.92 Å². The number of nitro benzene ring substituents is 1. The molecule has 1 aliphatic heterocycles. The van der Waals surface area contributed by atoms with Gasteiger partial charge in [0, 0.05) is 49.5 Å². The average molecular weight is 311 g/mol. The molecule has 23 heavy (non-hydrogen) atoms. The van der Waals surface area contributed by atoms with Crippen LogP contribution in [-0.2, 0) is 0 Å². The topological polar surface area (TPSA) is 49.6 Å². The van der Waals surface area contributed by atoms with Crippen LogP contribution in [0.1, 0.15) is 18.5 Å². The van der Waals surface area contributed by atoms with Crippen LogP contribution in [-0.4, -0.2) is 36.0 Å². The summed E-state index contributed by atoms with van der Waals surface area (Å²) < 4.78 is 0. The van der Waals surface area contributed by atoms with E-state index in [9.17, 15) is 10.1 Å². The maximum Gasteiger partial charge on any atom is 0.274 e. The third-order valence-electron chi connectivity index (χ3n) is 4.57. The lowest BCUT2D eigenvalue weighted by atomic mass is 10.0. The Bertz CT molecular complexity index is 667. The molecular formula is C18H21N3O2. The molecule has 0 aromatic heterocycles. The number of nitrogens with zero attached hydrogens (tertiary/aromatic N) is 3. The molecule has 2 aromatic carbocycles. The summed E-state index contributed by atoms with van der Waals surface area (Å²) in [5.74, 6) is 0. The number of rotatable bonds is 4. The van der Waals surface area contributed by atoms with Gasteiger partial charge in [0.2, 0.25) is 0 Å². The van der Waals surface area contributed by atoms with Gasteiger partial charge in [0.15, 0.2) is 0 Å². The van der Waals surface area contributed by atoms with Gasteiger partial charge in [-0.3, -0.25) is 15.0 Å². The van der Waals surface area contributed by atoms with E-state index in [0.717, 1.165) is 31.7 Å². The second-order valence-corrected chi connectivity index (χ2v) is 5.85. The molecule has 120 valence electrons. The lowest BCUT2D eigenvalue weighted by molar-refractivity contribution is -0.386. The minimum atomic E-state index is -0.286. The molecule has 2 aromatic rings. The zero-order valence-corrected chi connectivity index (χ0v) is 13.3. The van der Waals surface area contributed by atoms with E-state index < -0.39 is 0 Å². The summed E-state index contributed by atoms with van der Waals surface area (Å²) >= 11 is 0. The maximum absolute atomic E-state index is 11.2. The van der Waals surface area contributed by atoms with Gasteiger partial charge >= 0.3 is 0 Å². The molecule has 0 amide bonds. The van der Waals surface area contributed by atoms with Crippen LogP contribution in [0.2, 0.25) is 0 Å². The van der Waals surface area contributed by atoms with E-state index >= 15 is 0 Å². The van der Waals surface area contributed by atoms with E-state index in [1.807, 2.05) is 18.2 Å². The summed E-state index contributed by atoms with van der Waals surface area (Å²) in [4.78, 5) is 15.6. The second-order valence-electron chi connectivity index (χ2n) is 5.85. The van der Waals surface area contributed by atoms with E-state index in [2.05, 4.69) is 41.0 Å². The highest BCUT2D eigenvalue weighted by Crippen LogP contribution is 2.30. The Balaban J connectivity index is 1.69. The van der Waals surface area contributed by atoms with Crippen LogP contribution in [0.3, 0.4) is 0 Å². The van der Waals surface area contributed by atoms with Crippen LogP contribution in [0.25, 0.3) is 0 Å². The number of hydrogen-bond donors (Lipinski definition) is 0. The Morgan fingerprint density at radius 2 is 1.57 bits per heavy atom. The molecular weight excluding hydrogens is 290 g/mol. The number of nitro groups is 1. The van der Waals surface area contributed by atoms with Crippen molar-refractivity contribution in [3.8, 4) is 0 Å². The molecule has 0 aliphatic carbocycles. The third kappa shape index (κ3) is 3.35. The van der Waals surface area contributed by atoms with Crippen molar-refractivity contribution in [2.24, 2.45) is 0 Å².